The molecule has 0 fully saturated rings. The normalized spacial score (nSPS) is 16.5. The van der Waals surface area contributed by atoms with Crippen molar-refractivity contribution in [2.45, 2.75) is 12.5 Å². The molecule has 102 valence electrons. The first-order valence-corrected chi connectivity index (χ1v) is 6.15. The van der Waals surface area contributed by atoms with E-state index >= 15 is 0 Å². The van der Waals surface area contributed by atoms with Gasteiger partial charge in [-0.15, -0.1) is 0 Å². The Labute approximate surface area is 111 Å². The van der Waals surface area contributed by atoms with Crippen molar-refractivity contribution in [3.05, 3.63) is 29.8 Å². The van der Waals surface area contributed by atoms with E-state index in [9.17, 15) is 9.59 Å². The average Bonchev–Trinajstić information content (AvgIpc) is 2.81. The van der Waals surface area contributed by atoms with Crippen LogP contribution in [0, 0.1) is 0 Å². The van der Waals surface area contributed by atoms with Crippen LogP contribution in [0.15, 0.2) is 24.3 Å². The first-order chi connectivity index (χ1) is 9.16. The lowest BCUT2D eigenvalue weighted by Gasteiger charge is -2.11. The number of fused-ring (bicyclic) bond motifs is 1. The van der Waals surface area contributed by atoms with Crippen LogP contribution in [-0.4, -0.2) is 37.6 Å². The van der Waals surface area contributed by atoms with Gasteiger partial charge in [-0.25, -0.2) is 0 Å². The summed E-state index contributed by atoms with van der Waals surface area (Å²) >= 11 is 0. The summed E-state index contributed by atoms with van der Waals surface area (Å²) in [5.41, 5.74) is 7.07. The molecule has 0 bridgehead atoms. The van der Waals surface area contributed by atoms with Crippen molar-refractivity contribution in [3.63, 3.8) is 0 Å². The molecule has 1 aromatic carbocycles. The van der Waals surface area contributed by atoms with Crippen molar-refractivity contribution in [3.8, 4) is 0 Å². The van der Waals surface area contributed by atoms with Crippen LogP contribution in [0.1, 0.15) is 5.56 Å². The molecule has 1 atom stereocenters. The fraction of sp³-hybridized carbons (Fsp3) is 0.385. The number of primary amides is 1. The monoisotopic (exact) mass is 263 g/mol. The number of benzene rings is 1. The molecule has 0 saturated carbocycles. The Kier molecular flexibility index (Phi) is 4.35. The van der Waals surface area contributed by atoms with Crippen LogP contribution in [0.25, 0.3) is 0 Å². The molecule has 6 nitrogen and oxygen atoms in total. The minimum Gasteiger partial charge on any atom is -0.373 e. The summed E-state index contributed by atoms with van der Waals surface area (Å²) in [6, 6.07) is 7.61. The molecule has 6 heteroatoms. The number of nitrogens with one attached hydrogen (secondary N) is 2. The van der Waals surface area contributed by atoms with Crippen LogP contribution in [0.3, 0.4) is 0 Å². The van der Waals surface area contributed by atoms with E-state index < -0.39 is 5.91 Å². The quantitative estimate of drug-likeness (QED) is 0.611. The topological polar surface area (TPSA) is 93.5 Å². The van der Waals surface area contributed by atoms with Crippen molar-refractivity contribution in [2.24, 2.45) is 5.73 Å². The van der Waals surface area contributed by atoms with E-state index in [0.29, 0.717) is 13.0 Å². The number of hydrogen-bond acceptors (Lipinski definition) is 4. The molecule has 0 unspecified atom stereocenters. The van der Waals surface area contributed by atoms with Crippen LogP contribution in [-0.2, 0) is 20.7 Å². The second-order valence-electron chi connectivity index (χ2n) is 4.37. The molecule has 1 heterocycles. The Morgan fingerprint density at radius 3 is 2.95 bits per heavy atom. The minimum absolute atomic E-state index is 0.0705. The maximum Gasteiger partial charge on any atom is 0.243 e. The fourth-order valence-corrected chi connectivity index (χ4v) is 2.00. The second kappa shape index (κ2) is 6.19. The number of nitrogens with two attached hydrogens (primary N) is 1. The van der Waals surface area contributed by atoms with E-state index in [1.807, 2.05) is 24.3 Å². The van der Waals surface area contributed by atoms with Gasteiger partial charge in [-0.1, -0.05) is 18.2 Å². The van der Waals surface area contributed by atoms with E-state index in [1.54, 1.807) is 0 Å². The Morgan fingerprint density at radius 1 is 1.42 bits per heavy atom. The molecule has 2 amide bonds. The number of rotatable bonds is 6. The number of anilines is 1. The summed E-state index contributed by atoms with van der Waals surface area (Å²) in [5.74, 6) is -0.585. The van der Waals surface area contributed by atoms with Crippen LogP contribution < -0.4 is 16.4 Å². The Morgan fingerprint density at radius 2 is 2.21 bits per heavy atom. The van der Waals surface area contributed by atoms with Crippen molar-refractivity contribution in [1.82, 2.24) is 5.32 Å². The van der Waals surface area contributed by atoms with Gasteiger partial charge in [0.2, 0.25) is 11.8 Å². The van der Waals surface area contributed by atoms with Gasteiger partial charge in [0.05, 0.1) is 6.61 Å². The highest BCUT2D eigenvalue weighted by Crippen LogP contribution is 2.24. The molecule has 1 aliphatic rings. The molecule has 1 aliphatic heterocycles. The second-order valence-corrected chi connectivity index (χ2v) is 4.37. The zero-order valence-electron chi connectivity index (χ0n) is 10.5. The van der Waals surface area contributed by atoms with Gasteiger partial charge in [0.15, 0.2) is 0 Å². The summed E-state index contributed by atoms with van der Waals surface area (Å²) in [6.45, 7) is 0.512. The van der Waals surface area contributed by atoms with Gasteiger partial charge in [0.1, 0.15) is 12.6 Å². The Balaban J connectivity index is 1.70. The first-order valence-electron chi connectivity index (χ1n) is 6.15. The number of hydrogen-bond donors (Lipinski definition) is 3. The molecule has 1 aromatic rings. The third kappa shape index (κ3) is 3.69. The molecule has 0 saturated heterocycles. The average molecular weight is 263 g/mol. The van der Waals surface area contributed by atoms with E-state index in [1.165, 1.54) is 0 Å². The summed E-state index contributed by atoms with van der Waals surface area (Å²) < 4.78 is 4.96. The molecule has 0 aromatic heterocycles. The van der Waals surface area contributed by atoms with Crippen molar-refractivity contribution >= 4 is 17.5 Å². The lowest BCUT2D eigenvalue weighted by atomic mass is 10.1. The zero-order valence-corrected chi connectivity index (χ0v) is 10.5. The summed E-state index contributed by atoms with van der Waals surface area (Å²) in [6.07, 6.45) is 0.685. The third-order valence-corrected chi connectivity index (χ3v) is 2.88. The van der Waals surface area contributed by atoms with Gasteiger partial charge in [-0.2, -0.15) is 0 Å². The first kappa shape index (κ1) is 13.4. The van der Waals surface area contributed by atoms with Gasteiger partial charge in [0, 0.05) is 18.7 Å². The molecular formula is C13H17N3O3. The van der Waals surface area contributed by atoms with Crippen LogP contribution >= 0.6 is 0 Å². The standard InChI is InChI=1S/C13H17N3O3/c14-12(17)8-19-6-5-15-13(18)11-7-9-3-1-2-4-10(9)16-11/h1-4,11,16H,5-8H2,(H2,14,17)(H,15,18)/t11-/m0/s1. The van der Waals surface area contributed by atoms with Gasteiger partial charge in [0.25, 0.3) is 0 Å². The SMILES string of the molecule is NC(=O)COCCNC(=O)[C@@H]1Cc2ccccc2N1. The van der Waals surface area contributed by atoms with E-state index in [0.717, 1.165) is 11.3 Å². The van der Waals surface area contributed by atoms with Crippen molar-refractivity contribution in [2.75, 3.05) is 25.1 Å². The lowest BCUT2D eigenvalue weighted by molar-refractivity contribution is -0.122. The molecular weight excluding hydrogens is 246 g/mol. The molecule has 0 aliphatic carbocycles. The van der Waals surface area contributed by atoms with Crippen LogP contribution in [0.4, 0.5) is 5.69 Å². The van der Waals surface area contributed by atoms with Gasteiger partial charge >= 0.3 is 0 Å². The number of amides is 2. The van der Waals surface area contributed by atoms with E-state index in [-0.39, 0.29) is 25.2 Å². The Hall–Kier alpha value is -2.08. The fourth-order valence-electron chi connectivity index (χ4n) is 2.00. The smallest absolute Gasteiger partial charge is 0.243 e. The highest BCUT2D eigenvalue weighted by atomic mass is 16.5. The van der Waals surface area contributed by atoms with E-state index in [2.05, 4.69) is 10.6 Å². The maximum absolute atomic E-state index is 11.9. The minimum atomic E-state index is -0.515. The highest BCUT2D eigenvalue weighted by Gasteiger charge is 2.25. The summed E-state index contributed by atoms with van der Waals surface area (Å²) in [7, 11) is 0. The number of carbonyl (C=O) groups excluding carboxylic acids is 2. The third-order valence-electron chi connectivity index (χ3n) is 2.88. The molecule has 4 N–H and O–H groups in total. The molecule has 0 spiro atoms. The highest BCUT2D eigenvalue weighted by molar-refractivity contribution is 5.87. The predicted molar refractivity (Wildman–Crippen MR) is 70.6 cm³/mol. The van der Waals surface area contributed by atoms with Crippen LogP contribution in [0.2, 0.25) is 0 Å². The molecule has 0 radical (unpaired) electrons. The van der Waals surface area contributed by atoms with Crippen molar-refractivity contribution in [1.29, 1.82) is 0 Å². The predicted octanol–water partition coefficient (Wildman–Crippen LogP) is -0.359. The Bertz CT molecular complexity index is 451. The van der Waals surface area contributed by atoms with Crippen LogP contribution in [0.5, 0.6) is 0 Å². The number of para-hydroxylation sites is 1. The number of ether oxygens (including phenoxy) is 1. The zero-order chi connectivity index (χ0) is 13.7. The largest absolute Gasteiger partial charge is 0.373 e. The van der Waals surface area contributed by atoms with Gasteiger partial charge in [-0.3, -0.25) is 9.59 Å². The summed E-state index contributed by atoms with van der Waals surface area (Å²) in [5, 5.41) is 5.92. The van der Waals surface area contributed by atoms with Gasteiger partial charge in [-0.05, 0) is 11.6 Å². The van der Waals surface area contributed by atoms with E-state index in [4.69, 9.17) is 10.5 Å². The number of carbonyl (C=O) groups is 2. The lowest BCUT2D eigenvalue weighted by Crippen LogP contribution is -2.40. The molecule has 19 heavy (non-hydrogen) atoms. The van der Waals surface area contributed by atoms with Crippen molar-refractivity contribution < 1.29 is 14.3 Å². The van der Waals surface area contributed by atoms with Gasteiger partial charge < -0.3 is 21.1 Å². The summed E-state index contributed by atoms with van der Waals surface area (Å²) in [4.78, 5) is 22.3. The molecule has 2 rings (SSSR count). The maximum atomic E-state index is 11.9.